The van der Waals surface area contributed by atoms with Crippen LogP contribution in [0.1, 0.15) is 192 Å². The normalized spacial score (nSPS) is 21.7. The largest absolute Gasteiger partial charge is 0.507 e. The number of hydrogen-bond donors (Lipinski definition) is 2. The first-order valence-corrected chi connectivity index (χ1v) is 16.9. The highest BCUT2D eigenvalue weighted by atomic mass is 16.3. The van der Waals surface area contributed by atoms with E-state index in [1.165, 1.54) is 149 Å². The quantitative estimate of drug-likeness (QED) is 0.340. The third-order valence-corrected chi connectivity index (χ3v) is 11.2. The number of rotatable bonds is 9. The number of unbranched alkanes of at least 4 members (excludes halogenated alkanes) is 1. The summed E-state index contributed by atoms with van der Waals surface area (Å²) < 4.78 is 0. The summed E-state index contributed by atoms with van der Waals surface area (Å²) in [4.78, 5) is 0. The molecule has 0 unspecified atom stereocenters. The Balaban J connectivity index is 1.48. The number of phenols is 2. The van der Waals surface area contributed by atoms with Crippen LogP contribution in [0.3, 0.4) is 0 Å². The van der Waals surface area contributed by atoms with Gasteiger partial charge in [0.05, 0.1) is 0 Å². The van der Waals surface area contributed by atoms with Gasteiger partial charge in [0.1, 0.15) is 11.5 Å². The summed E-state index contributed by atoms with van der Waals surface area (Å²) >= 11 is 0. The van der Waals surface area contributed by atoms with E-state index in [2.05, 4.69) is 31.2 Å². The lowest BCUT2D eigenvalue weighted by atomic mass is 9.78. The van der Waals surface area contributed by atoms with E-state index >= 15 is 0 Å². The molecule has 39 heavy (non-hydrogen) atoms. The fourth-order valence-electron chi connectivity index (χ4n) is 8.94. The van der Waals surface area contributed by atoms with Crippen LogP contribution in [-0.4, -0.2) is 10.2 Å². The molecule has 2 nitrogen and oxygen atoms in total. The summed E-state index contributed by atoms with van der Waals surface area (Å²) in [7, 11) is 0. The Bertz CT molecular complexity index is 949. The van der Waals surface area contributed by atoms with E-state index < -0.39 is 0 Å². The molecule has 0 radical (unpaired) electrons. The highest BCUT2D eigenvalue weighted by molar-refractivity contribution is 5.54. The number of hydrogen-bond acceptors (Lipinski definition) is 2. The molecule has 4 aliphatic rings. The fourth-order valence-corrected chi connectivity index (χ4v) is 8.94. The molecule has 4 saturated carbocycles. The maximum Gasteiger partial charge on any atom is 0.122 e. The molecule has 6 rings (SSSR count). The lowest BCUT2D eigenvalue weighted by Crippen LogP contribution is -2.09. The first-order valence-electron chi connectivity index (χ1n) is 16.9. The maximum atomic E-state index is 11.6. The molecule has 2 N–H and O–H groups in total. The van der Waals surface area contributed by atoms with E-state index in [-0.39, 0.29) is 0 Å². The molecule has 0 spiro atoms. The van der Waals surface area contributed by atoms with Crippen molar-refractivity contribution < 1.29 is 10.2 Å². The predicted molar refractivity (Wildman–Crippen MR) is 162 cm³/mol. The molecule has 2 aromatic rings. The van der Waals surface area contributed by atoms with Crippen LogP contribution in [0.5, 0.6) is 11.5 Å². The third kappa shape index (κ3) is 5.64. The standard InChI is InChI=1S/C37H52O2/c1-2-3-20-31(29-21-32(25-12-4-5-13-25)36(38)33(22-29)26-14-6-7-15-26)30-23-34(27-16-8-9-17-27)37(39)35(24-30)28-18-10-11-19-28/h21-28,31,38-39H,2-20H2,1H3. The lowest BCUT2D eigenvalue weighted by molar-refractivity contribution is 0.446. The predicted octanol–water partition coefficient (Wildman–Crippen LogP) is 11.1. The number of benzene rings is 2. The van der Waals surface area contributed by atoms with E-state index in [1.807, 2.05) is 0 Å². The molecule has 212 valence electrons. The zero-order chi connectivity index (χ0) is 26.8. The molecular formula is C37H52O2. The van der Waals surface area contributed by atoms with Crippen molar-refractivity contribution in [2.45, 2.75) is 159 Å². The minimum Gasteiger partial charge on any atom is -0.507 e. The van der Waals surface area contributed by atoms with Gasteiger partial charge >= 0.3 is 0 Å². The van der Waals surface area contributed by atoms with Crippen molar-refractivity contribution in [2.24, 2.45) is 0 Å². The van der Waals surface area contributed by atoms with Crippen molar-refractivity contribution >= 4 is 0 Å². The Morgan fingerprint density at radius 1 is 0.538 bits per heavy atom. The SMILES string of the molecule is CCCCC(c1cc(C2CCCC2)c(O)c(C2CCCC2)c1)c1cc(C2CCCC2)c(O)c(C2CCCC2)c1. The van der Waals surface area contributed by atoms with Crippen LogP contribution in [0, 0.1) is 0 Å². The zero-order valence-electron chi connectivity index (χ0n) is 24.5. The van der Waals surface area contributed by atoms with Crippen molar-refractivity contribution in [3.8, 4) is 11.5 Å². The van der Waals surface area contributed by atoms with E-state index in [4.69, 9.17) is 0 Å². The van der Waals surface area contributed by atoms with Gasteiger partial charge in [-0.25, -0.2) is 0 Å². The Labute approximate surface area is 237 Å². The molecule has 0 atom stereocenters. The minimum absolute atomic E-state index is 0.340. The van der Waals surface area contributed by atoms with Gasteiger partial charge in [-0.3, -0.25) is 0 Å². The fraction of sp³-hybridized carbons (Fsp3) is 0.676. The van der Waals surface area contributed by atoms with Crippen molar-refractivity contribution in [1.82, 2.24) is 0 Å². The van der Waals surface area contributed by atoms with E-state index in [1.54, 1.807) is 0 Å². The van der Waals surface area contributed by atoms with Crippen LogP contribution in [0.2, 0.25) is 0 Å². The van der Waals surface area contributed by atoms with Crippen LogP contribution in [0.15, 0.2) is 24.3 Å². The number of aromatic hydroxyl groups is 2. The lowest BCUT2D eigenvalue weighted by Gasteiger charge is -2.27. The molecule has 2 aromatic carbocycles. The highest BCUT2D eigenvalue weighted by Gasteiger charge is 2.31. The molecule has 0 saturated heterocycles. The van der Waals surface area contributed by atoms with E-state index in [9.17, 15) is 10.2 Å². The summed E-state index contributed by atoms with van der Waals surface area (Å²) in [6.45, 7) is 2.31. The van der Waals surface area contributed by atoms with E-state index in [0.29, 0.717) is 41.1 Å². The molecule has 0 heterocycles. The van der Waals surface area contributed by atoms with Gasteiger partial charge in [-0.2, -0.15) is 0 Å². The average Bonchev–Trinajstić information content (AvgIpc) is 3.78. The second kappa shape index (κ2) is 12.3. The first kappa shape index (κ1) is 27.2. The van der Waals surface area contributed by atoms with Gasteiger partial charge in [-0.1, -0.05) is 95.4 Å². The van der Waals surface area contributed by atoms with E-state index in [0.717, 1.165) is 6.42 Å². The molecule has 4 fully saturated rings. The zero-order valence-corrected chi connectivity index (χ0v) is 24.5. The first-order chi connectivity index (χ1) is 19.1. The van der Waals surface area contributed by atoms with Crippen LogP contribution in [0.4, 0.5) is 0 Å². The smallest absolute Gasteiger partial charge is 0.122 e. The van der Waals surface area contributed by atoms with Crippen LogP contribution < -0.4 is 0 Å². The van der Waals surface area contributed by atoms with Crippen LogP contribution in [-0.2, 0) is 0 Å². The van der Waals surface area contributed by atoms with Crippen molar-refractivity contribution in [1.29, 1.82) is 0 Å². The van der Waals surface area contributed by atoms with Gasteiger partial charge in [-0.05, 0) is 115 Å². The van der Waals surface area contributed by atoms with Crippen molar-refractivity contribution in [3.05, 3.63) is 57.6 Å². The second-order valence-electron chi connectivity index (χ2n) is 13.7. The average molecular weight is 529 g/mol. The second-order valence-corrected chi connectivity index (χ2v) is 13.7. The summed E-state index contributed by atoms with van der Waals surface area (Å²) in [5.41, 5.74) is 7.87. The monoisotopic (exact) mass is 528 g/mol. The van der Waals surface area contributed by atoms with Gasteiger partial charge in [0.15, 0.2) is 0 Å². The maximum absolute atomic E-state index is 11.6. The molecule has 2 heteroatoms. The van der Waals surface area contributed by atoms with Gasteiger partial charge in [0.2, 0.25) is 0 Å². The van der Waals surface area contributed by atoms with Gasteiger partial charge in [-0.15, -0.1) is 0 Å². The Kier molecular flexibility index (Phi) is 8.57. The Morgan fingerprint density at radius 3 is 1.08 bits per heavy atom. The van der Waals surface area contributed by atoms with Crippen molar-refractivity contribution in [2.75, 3.05) is 0 Å². The van der Waals surface area contributed by atoms with Gasteiger partial charge in [0, 0.05) is 5.92 Å². The summed E-state index contributed by atoms with van der Waals surface area (Å²) in [5, 5.41) is 23.3. The van der Waals surface area contributed by atoms with Gasteiger partial charge in [0.25, 0.3) is 0 Å². The number of phenolic OH excluding ortho intramolecular Hbond substituents is 2. The topological polar surface area (TPSA) is 40.5 Å². The van der Waals surface area contributed by atoms with Crippen LogP contribution in [0.25, 0.3) is 0 Å². The van der Waals surface area contributed by atoms with Crippen LogP contribution >= 0.6 is 0 Å². The molecule has 0 aromatic heterocycles. The summed E-state index contributed by atoms with van der Waals surface area (Å²) in [6.07, 6.45) is 23.6. The molecule has 0 amide bonds. The van der Waals surface area contributed by atoms with Gasteiger partial charge < -0.3 is 10.2 Å². The summed E-state index contributed by atoms with van der Waals surface area (Å²) in [6, 6.07) is 9.73. The van der Waals surface area contributed by atoms with Crippen molar-refractivity contribution in [3.63, 3.8) is 0 Å². The summed E-state index contributed by atoms with van der Waals surface area (Å²) in [5.74, 6) is 3.66. The Morgan fingerprint density at radius 2 is 0.821 bits per heavy atom. The molecule has 0 aliphatic heterocycles. The highest BCUT2D eigenvalue weighted by Crippen LogP contribution is 2.50. The molecule has 0 bridgehead atoms. The third-order valence-electron chi connectivity index (χ3n) is 11.2. The minimum atomic E-state index is 0.340. The Hall–Kier alpha value is -1.96. The molecule has 4 aliphatic carbocycles. The molecular weight excluding hydrogens is 476 g/mol.